The zero-order valence-corrected chi connectivity index (χ0v) is 25.5. The normalized spacial score (nSPS) is 17.3. The molecule has 8 nitrogen and oxygen atoms in total. The molecule has 1 aliphatic heterocycles. The van der Waals surface area contributed by atoms with Gasteiger partial charge in [0, 0.05) is 51.7 Å². The molecule has 4 aromatic rings. The van der Waals surface area contributed by atoms with Gasteiger partial charge in [-0.05, 0) is 95.6 Å². The number of benzene rings is 3. The van der Waals surface area contributed by atoms with Crippen molar-refractivity contribution in [2.24, 2.45) is 4.99 Å². The van der Waals surface area contributed by atoms with Crippen LogP contribution in [0.5, 0.6) is 0 Å². The highest BCUT2D eigenvalue weighted by Gasteiger charge is 2.32. The molecule has 0 saturated heterocycles. The second kappa shape index (κ2) is 11.5. The largest absolute Gasteiger partial charge is 0.378 e. The molecule has 2 aliphatic rings. The minimum absolute atomic E-state index is 0.0168. The monoisotopic (exact) mass is 591 g/mol. The van der Waals surface area contributed by atoms with Gasteiger partial charge in [0.2, 0.25) is 0 Å². The van der Waals surface area contributed by atoms with Gasteiger partial charge in [-0.2, -0.15) is 0 Å². The van der Waals surface area contributed by atoms with Crippen LogP contribution in [0.2, 0.25) is 0 Å². The Kier molecular flexibility index (Phi) is 7.58. The topological polar surface area (TPSA) is 84.0 Å². The number of nitro groups is 1. The van der Waals surface area contributed by atoms with Crippen LogP contribution >= 0.6 is 11.3 Å². The van der Waals surface area contributed by atoms with Crippen molar-refractivity contribution >= 4 is 40.6 Å². The number of thiazole rings is 1. The molecule has 9 heteroatoms. The summed E-state index contributed by atoms with van der Waals surface area (Å²) in [5, 5.41) is 11.1. The predicted octanol–water partition coefficient (Wildman–Crippen LogP) is 5.52. The average molecular weight is 592 g/mol. The summed E-state index contributed by atoms with van der Waals surface area (Å²) < 4.78 is 2.38. The molecule has 0 radical (unpaired) electrons. The van der Waals surface area contributed by atoms with Gasteiger partial charge in [0.05, 0.1) is 21.2 Å². The SMILES string of the molecule is CN(C)c1ccc(/C=C2/CCCC3=C2N=c2s/c(=C/c4ccc([N+](=O)[O-])cc4)c(=O)n2C3c2ccc(N(C)C)cc2)cc1. The van der Waals surface area contributed by atoms with E-state index in [-0.39, 0.29) is 17.3 Å². The van der Waals surface area contributed by atoms with Crippen molar-refractivity contribution in [1.82, 2.24) is 4.57 Å². The summed E-state index contributed by atoms with van der Waals surface area (Å²) in [4.78, 5) is 34.6. The highest BCUT2D eigenvalue weighted by molar-refractivity contribution is 7.07. The first-order valence-corrected chi connectivity index (χ1v) is 15.1. The number of nitrogens with zero attached hydrogens (tertiary/aromatic N) is 5. The zero-order chi connectivity index (χ0) is 30.2. The Morgan fingerprint density at radius 3 is 2.05 bits per heavy atom. The smallest absolute Gasteiger partial charge is 0.271 e. The molecule has 43 heavy (non-hydrogen) atoms. The molecule has 0 N–H and O–H groups in total. The molecule has 0 fully saturated rings. The number of nitro benzene ring substituents is 1. The van der Waals surface area contributed by atoms with E-state index in [9.17, 15) is 14.9 Å². The van der Waals surface area contributed by atoms with Crippen LogP contribution < -0.4 is 24.7 Å². The van der Waals surface area contributed by atoms with E-state index in [4.69, 9.17) is 4.99 Å². The lowest BCUT2D eigenvalue weighted by Crippen LogP contribution is -2.39. The standard InChI is InChI=1S/C34H33N5O3S/c1-36(2)26-14-8-22(9-15-26)20-25-6-5-7-29-31(25)35-34-38(32(29)24-12-18-27(19-13-24)37(3)4)33(40)30(43-34)21-23-10-16-28(17-11-23)39(41)42/h8-21,32H,5-7H2,1-4H3/b25-20-,30-21+. The molecule has 1 atom stereocenters. The molecular formula is C34H33N5O3S. The van der Waals surface area contributed by atoms with Crippen LogP contribution in [0, 0.1) is 10.1 Å². The van der Waals surface area contributed by atoms with Crippen LogP contribution in [0.4, 0.5) is 17.1 Å². The molecule has 218 valence electrons. The lowest BCUT2D eigenvalue weighted by Gasteiger charge is -2.31. The second-order valence-corrected chi connectivity index (χ2v) is 12.3. The fourth-order valence-corrected chi connectivity index (χ4v) is 6.73. The Labute approximate surface area is 254 Å². The molecule has 0 bridgehead atoms. The third-order valence-corrected chi connectivity index (χ3v) is 8.99. The zero-order valence-electron chi connectivity index (χ0n) is 24.7. The highest BCUT2D eigenvalue weighted by Crippen LogP contribution is 2.41. The van der Waals surface area contributed by atoms with Gasteiger partial charge in [0.1, 0.15) is 0 Å². The van der Waals surface area contributed by atoms with Crippen molar-refractivity contribution in [3.8, 4) is 0 Å². The number of anilines is 2. The molecule has 1 aliphatic carbocycles. The quantitative estimate of drug-likeness (QED) is 0.218. The van der Waals surface area contributed by atoms with Crippen LogP contribution in [-0.2, 0) is 0 Å². The van der Waals surface area contributed by atoms with E-state index < -0.39 is 4.92 Å². The Balaban J connectivity index is 1.51. The second-order valence-electron chi connectivity index (χ2n) is 11.3. The van der Waals surface area contributed by atoms with Crippen molar-refractivity contribution in [2.75, 3.05) is 38.0 Å². The molecule has 0 saturated carbocycles. The maximum Gasteiger partial charge on any atom is 0.271 e. The van der Waals surface area contributed by atoms with Crippen molar-refractivity contribution < 1.29 is 4.92 Å². The van der Waals surface area contributed by atoms with Gasteiger partial charge < -0.3 is 9.80 Å². The number of rotatable bonds is 6. The Hall–Kier alpha value is -4.76. The van der Waals surface area contributed by atoms with Gasteiger partial charge >= 0.3 is 0 Å². The van der Waals surface area contributed by atoms with Gasteiger partial charge in [0.25, 0.3) is 11.2 Å². The lowest BCUT2D eigenvalue weighted by molar-refractivity contribution is -0.384. The van der Waals surface area contributed by atoms with E-state index in [0.717, 1.165) is 58.6 Å². The Bertz CT molecular complexity index is 1930. The van der Waals surface area contributed by atoms with Crippen molar-refractivity contribution in [2.45, 2.75) is 25.3 Å². The number of aromatic nitrogens is 1. The summed E-state index contributed by atoms with van der Waals surface area (Å²) in [6.07, 6.45) is 6.79. The number of hydrogen-bond acceptors (Lipinski definition) is 7. The lowest BCUT2D eigenvalue weighted by atomic mass is 9.83. The van der Waals surface area contributed by atoms with Crippen LogP contribution in [0.3, 0.4) is 0 Å². The Morgan fingerprint density at radius 2 is 1.44 bits per heavy atom. The van der Waals surface area contributed by atoms with Gasteiger partial charge in [-0.25, -0.2) is 4.99 Å². The molecule has 0 amide bonds. The van der Waals surface area contributed by atoms with Crippen LogP contribution in [0.1, 0.15) is 42.0 Å². The average Bonchev–Trinajstić information content (AvgIpc) is 3.31. The molecule has 0 spiro atoms. The fourth-order valence-electron chi connectivity index (χ4n) is 5.73. The maximum absolute atomic E-state index is 14.0. The minimum atomic E-state index is -0.425. The van der Waals surface area contributed by atoms with E-state index in [1.807, 2.05) is 32.8 Å². The molecule has 1 unspecified atom stereocenters. The van der Waals surface area contributed by atoms with Gasteiger partial charge in [-0.3, -0.25) is 19.5 Å². The summed E-state index contributed by atoms with van der Waals surface area (Å²) >= 11 is 1.36. The van der Waals surface area contributed by atoms with E-state index in [1.54, 1.807) is 18.2 Å². The van der Waals surface area contributed by atoms with Gasteiger partial charge in [-0.15, -0.1) is 0 Å². The molecule has 1 aromatic heterocycles. The summed E-state index contributed by atoms with van der Waals surface area (Å²) in [6, 6.07) is 22.9. The highest BCUT2D eigenvalue weighted by atomic mass is 32.1. The molecule has 3 aromatic carbocycles. The van der Waals surface area contributed by atoms with Crippen LogP contribution in [0.25, 0.3) is 12.2 Å². The summed E-state index contributed by atoms with van der Waals surface area (Å²) in [6.45, 7) is 0. The fraction of sp³-hybridized carbons (Fsp3) is 0.235. The summed E-state index contributed by atoms with van der Waals surface area (Å²) in [7, 11) is 8.10. The first-order valence-electron chi connectivity index (χ1n) is 14.2. The van der Waals surface area contributed by atoms with E-state index in [0.29, 0.717) is 9.33 Å². The third kappa shape index (κ3) is 5.56. The Morgan fingerprint density at radius 1 is 0.860 bits per heavy atom. The number of hydrogen-bond donors (Lipinski definition) is 0. The van der Waals surface area contributed by atoms with Gasteiger partial charge in [0.15, 0.2) is 4.80 Å². The maximum atomic E-state index is 14.0. The van der Waals surface area contributed by atoms with E-state index >= 15 is 0 Å². The predicted molar refractivity (Wildman–Crippen MR) is 175 cm³/mol. The summed E-state index contributed by atoms with van der Waals surface area (Å²) in [5.41, 5.74) is 8.37. The first-order chi connectivity index (χ1) is 20.7. The molecule has 2 heterocycles. The van der Waals surface area contributed by atoms with Crippen LogP contribution in [0.15, 0.2) is 99.4 Å². The van der Waals surface area contributed by atoms with Crippen molar-refractivity contribution in [1.29, 1.82) is 0 Å². The van der Waals surface area contributed by atoms with Gasteiger partial charge in [-0.1, -0.05) is 35.6 Å². The number of non-ortho nitro benzene ring substituents is 1. The number of allylic oxidation sites excluding steroid dienone is 2. The minimum Gasteiger partial charge on any atom is -0.378 e. The summed E-state index contributed by atoms with van der Waals surface area (Å²) in [5.74, 6) is 0. The first kappa shape index (κ1) is 28.4. The third-order valence-electron chi connectivity index (χ3n) is 8.01. The van der Waals surface area contributed by atoms with Crippen molar-refractivity contribution in [3.63, 3.8) is 0 Å². The van der Waals surface area contributed by atoms with E-state index in [1.165, 1.54) is 29.0 Å². The number of fused-ring (bicyclic) bond motifs is 1. The molecular weight excluding hydrogens is 558 g/mol. The van der Waals surface area contributed by atoms with Crippen molar-refractivity contribution in [3.05, 3.63) is 136 Å². The molecule has 6 rings (SSSR count). The van der Waals surface area contributed by atoms with E-state index in [2.05, 4.69) is 64.4 Å². The van der Waals surface area contributed by atoms with Crippen LogP contribution in [-0.4, -0.2) is 37.7 Å².